The van der Waals surface area contributed by atoms with E-state index in [0.717, 1.165) is 13.0 Å². The molecule has 0 aliphatic rings. The SMILES string of the molecule is CC(C)(C)C(CCO)NCc1ccc2cc[nH]c2c1. The van der Waals surface area contributed by atoms with Crippen LogP contribution in [0, 0.1) is 5.41 Å². The lowest BCUT2D eigenvalue weighted by atomic mass is 9.85. The summed E-state index contributed by atoms with van der Waals surface area (Å²) in [6.07, 6.45) is 2.75. The van der Waals surface area contributed by atoms with Gasteiger partial charge in [-0.15, -0.1) is 0 Å². The zero-order valence-electron chi connectivity index (χ0n) is 12.0. The van der Waals surface area contributed by atoms with E-state index < -0.39 is 0 Å². The number of H-pyrrole nitrogens is 1. The Balaban J connectivity index is 2.03. The van der Waals surface area contributed by atoms with E-state index in [1.807, 2.05) is 6.20 Å². The molecule has 1 unspecified atom stereocenters. The summed E-state index contributed by atoms with van der Waals surface area (Å²) in [7, 11) is 0. The molecule has 1 atom stereocenters. The minimum absolute atomic E-state index is 0.152. The zero-order valence-corrected chi connectivity index (χ0v) is 12.0. The molecule has 1 aromatic heterocycles. The fourth-order valence-electron chi connectivity index (χ4n) is 2.42. The highest BCUT2D eigenvalue weighted by Crippen LogP contribution is 2.22. The number of aromatic nitrogens is 1. The molecular weight excluding hydrogens is 236 g/mol. The molecule has 0 fully saturated rings. The van der Waals surface area contributed by atoms with E-state index in [4.69, 9.17) is 5.11 Å². The molecule has 0 radical (unpaired) electrons. The third kappa shape index (κ3) is 3.58. The number of nitrogens with one attached hydrogen (secondary N) is 2. The van der Waals surface area contributed by atoms with Crippen LogP contribution in [0.4, 0.5) is 0 Å². The van der Waals surface area contributed by atoms with Crippen LogP contribution in [0.15, 0.2) is 30.5 Å². The molecule has 3 heteroatoms. The third-order valence-electron chi connectivity index (χ3n) is 3.64. The van der Waals surface area contributed by atoms with Gasteiger partial charge in [0.15, 0.2) is 0 Å². The van der Waals surface area contributed by atoms with Crippen molar-refractivity contribution in [1.82, 2.24) is 10.3 Å². The number of aromatic amines is 1. The summed E-state index contributed by atoms with van der Waals surface area (Å²) < 4.78 is 0. The zero-order chi connectivity index (χ0) is 13.9. The average Bonchev–Trinajstić information content (AvgIpc) is 2.80. The van der Waals surface area contributed by atoms with Crippen LogP contribution in [0.1, 0.15) is 32.8 Å². The smallest absolute Gasteiger partial charge is 0.0457 e. The van der Waals surface area contributed by atoms with Gasteiger partial charge in [-0.2, -0.15) is 0 Å². The molecule has 0 aliphatic heterocycles. The molecule has 0 spiro atoms. The molecule has 0 saturated carbocycles. The Morgan fingerprint density at radius 2 is 2.05 bits per heavy atom. The van der Waals surface area contributed by atoms with Gasteiger partial charge in [0, 0.05) is 30.9 Å². The lowest BCUT2D eigenvalue weighted by molar-refractivity contribution is 0.196. The van der Waals surface area contributed by atoms with Crippen molar-refractivity contribution in [3.8, 4) is 0 Å². The van der Waals surface area contributed by atoms with Gasteiger partial charge >= 0.3 is 0 Å². The summed E-state index contributed by atoms with van der Waals surface area (Å²) in [5.41, 5.74) is 2.59. The molecule has 0 aliphatic carbocycles. The van der Waals surface area contributed by atoms with E-state index in [-0.39, 0.29) is 12.0 Å². The molecule has 1 aromatic carbocycles. The van der Waals surface area contributed by atoms with E-state index in [1.54, 1.807) is 0 Å². The number of hydrogen-bond donors (Lipinski definition) is 3. The average molecular weight is 260 g/mol. The second kappa shape index (κ2) is 5.76. The predicted octanol–water partition coefficient (Wildman–Crippen LogP) is 3.05. The fourth-order valence-corrected chi connectivity index (χ4v) is 2.42. The van der Waals surface area contributed by atoms with Crippen LogP contribution in [0.5, 0.6) is 0 Å². The second-order valence-electron chi connectivity index (χ2n) is 6.21. The number of aliphatic hydroxyl groups is 1. The number of aliphatic hydroxyl groups excluding tert-OH is 1. The Hall–Kier alpha value is -1.32. The number of benzene rings is 1. The van der Waals surface area contributed by atoms with Gasteiger partial charge < -0.3 is 15.4 Å². The number of fused-ring (bicyclic) bond motifs is 1. The van der Waals surface area contributed by atoms with E-state index >= 15 is 0 Å². The van der Waals surface area contributed by atoms with Crippen molar-refractivity contribution in [3.63, 3.8) is 0 Å². The molecule has 2 aromatic rings. The Labute approximate surface area is 115 Å². The van der Waals surface area contributed by atoms with Gasteiger partial charge in [-0.05, 0) is 34.9 Å². The van der Waals surface area contributed by atoms with Crippen molar-refractivity contribution >= 4 is 10.9 Å². The quantitative estimate of drug-likeness (QED) is 0.774. The maximum Gasteiger partial charge on any atom is 0.0457 e. The van der Waals surface area contributed by atoms with Gasteiger partial charge in [-0.25, -0.2) is 0 Å². The van der Waals surface area contributed by atoms with Crippen LogP contribution in [0.2, 0.25) is 0 Å². The fraction of sp³-hybridized carbons (Fsp3) is 0.500. The Bertz CT molecular complexity index is 525. The minimum atomic E-state index is 0.152. The molecule has 104 valence electrons. The summed E-state index contributed by atoms with van der Waals surface area (Å²) in [4.78, 5) is 3.24. The summed E-state index contributed by atoms with van der Waals surface area (Å²) in [5, 5.41) is 14.0. The van der Waals surface area contributed by atoms with E-state index in [0.29, 0.717) is 6.04 Å². The van der Waals surface area contributed by atoms with Crippen LogP contribution >= 0.6 is 0 Å². The van der Waals surface area contributed by atoms with Crippen molar-refractivity contribution in [2.75, 3.05) is 6.61 Å². The molecule has 3 N–H and O–H groups in total. The van der Waals surface area contributed by atoms with Crippen molar-refractivity contribution in [2.24, 2.45) is 5.41 Å². The molecule has 19 heavy (non-hydrogen) atoms. The van der Waals surface area contributed by atoms with Crippen molar-refractivity contribution in [2.45, 2.75) is 39.8 Å². The molecule has 3 nitrogen and oxygen atoms in total. The standard InChI is InChI=1S/C16H24N2O/c1-16(2,3)15(7-9-19)18-11-12-4-5-13-6-8-17-14(13)10-12/h4-6,8,10,15,17-19H,7,9,11H2,1-3H3. The van der Waals surface area contributed by atoms with Gasteiger partial charge in [0.25, 0.3) is 0 Å². The van der Waals surface area contributed by atoms with Gasteiger partial charge in [-0.3, -0.25) is 0 Å². The number of rotatable bonds is 5. The lowest BCUT2D eigenvalue weighted by Gasteiger charge is -2.31. The highest BCUT2D eigenvalue weighted by Gasteiger charge is 2.23. The summed E-state index contributed by atoms with van der Waals surface area (Å²) >= 11 is 0. The monoisotopic (exact) mass is 260 g/mol. The van der Waals surface area contributed by atoms with Crippen molar-refractivity contribution in [3.05, 3.63) is 36.0 Å². The maximum absolute atomic E-state index is 9.17. The normalized spacial score (nSPS) is 13.9. The first-order valence-electron chi connectivity index (χ1n) is 6.91. The van der Waals surface area contributed by atoms with Gasteiger partial charge in [0.2, 0.25) is 0 Å². The summed E-state index contributed by atoms with van der Waals surface area (Å²) in [5.74, 6) is 0. The van der Waals surface area contributed by atoms with E-state index in [2.05, 4.69) is 55.3 Å². The van der Waals surface area contributed by atoms with Crippen LogP contribution in [-0.2, 0) is 6.54 Å². The topological polar surface area (TPSA) is 48.0 Å². The van der Waals surface area contributed by atoms with Crippen molar-refractivity contribution < 1.29 is 5.11 Å². The lowest BCUT2D eigenvalue weighted by Crippen LogP contribution is -2.40. The molecule has 0 amide bonds. The maximum atomic E-state index is 9.17. The van der Waals surface area contributed by atoms with Gasteiger partial charge in [0.1, 0.15) is 0 Å². The largest absolute Gasteiger partial charge is 0.396 e. The highest BCUT2D eigenvalue weighted by atomic mass is 16.3. The number of hydrogen-bond acceptors (Lipinski definition) is 2. The van der Waals surface area contributed by atoms with E-state index in [9.17, 15) is 0 Å². The molecule has 1 heterocycles. The Morgan fingerprint density at radius 3 is 2.74 bits per heavy atom. The highest BCUT2D eigenvalue weighted by molar-refractivity contribution is 5.79. The molecule has 2 rings (SSSR count). The summed E-state index contributed by atoms with van der Waals surface area (Å²) in [6.45, 7) is 7.67. The predicted molar refractivity (Wildman–Crippen MR) is 80.1 cm³/mol. The van der Waals surface area contributed by atoms with Crippen LogP contribution in [0.3, 0.4) is 0 Å². The summed E-state index contributed by atoms with van der Waals surface area (Å²) in [6, 6.07) is 8.87. The minimum Gasteiger partial charge on any atom is -0.396 e. The van der Waals surface area contributed by atoms with E-state index in [1.165, 1.54) is 16.5 Å². The van der Waals surface area contributed by atoms with Crippen LogP contribution < -0.4 is 5.32 Å². The Kier molecular flexibility index (Phi) is 4.27. The van der Waals surface area contributed by atoms with Crippen LogP contribution in [-0.4, -0.2) is 22.7 Å². The molecule has 0 bridgehead atoms. The molecule has 0 saturated heterocycles. The first-order valence-corrected chi connectivity index (χ1v) is 6.91. The molecular formula is C16H24N2O. The first kappa shape index (κ1) is 14.1. The second-order valence-corrected chi connectivity index (χ2v) is 6.21. The third-order valence-corrected chi connectivity index (χ3v) is 3.64. The first-order chi connectivity index (χ1) is 9.00. The van der Waals surface area contributed by atoms with Gasteiger partial charge in [-0.1, -0.05) is 32.9 Å². The van der Waals surface area contributed by atoms with Crippen LogP contribution in [0.25, 0.3) is 10.9 Å². The van der Waals surface area contributed by atoms with Crippen molar-refractivity contribution in [1.29, 1.82) is 0 Å². The Morgan fingerprint density at radius 1 is 1.26 bits per heavy atom. The van der Waals surface area contributed by atoms with Gasteiger partial charge in [0.05, 0.1) is 0 Å².